The fourth-order valence-electron chi connectivity index (χ4n) is 4.05. The number of hydrogen-bond donors (Lipinski definition) is 3. The molecule has 4 rings (SSSR count). The van der Waals surface area contributed by atoms with Crippen molar-refractivity contribution >= 4 is 17.6 Å². The molecule has 1 aromatic heterocycles. The first-order chi connectivity index (χ1) is 16.3. The molecule has 1 saturated heterocycles. The van der Waals surface area contributed by atoms with E-state index in [9.17, 15) is 9.59 Å². The van der Waals surface area contributed by atoms with Gasteiger partial charge in [0.1, 0.15) is 34.4 Å². The Hall–Kier alpha value is -3.88. The van der Waals surface area contributed by atoms with E-state index in [1.165, 1.54) is 12.3 Å². The molecule has 2 aromatic rings. The molecule has 1 aromatic carbocycles. The number of fused-ring (bicyclic) bond motifs is 1. The topological polar surface area (TPSA) is 117 Å². The molecule has 0 saturated carbocycles. The molecular weight excluding hydrogens is 434 g/mol. The Bertz CT molecular complexity index is 1130. The van der Waals surface area contributed by atoms with E-state index in [1.54, 1.807) is 42.4 Å². The molecule has 0 radical (unpaired) electrons. The van der Waals surface area contributed by atoms with Gasteiger partial charge in [-0.25, -0.2) is 4.98 Å². The third-order valence-corrected chi connectivity index (χ3v) is 5.66. The highest BCUT2D eigenvalue weighted by Gasteiger charge is 2.34. The summed E-state index contributed by atoms with van der Waals surface area (Å²) in [5.41, 5.74) is 1.10. The molecule has 0 unspecified atom stereocenters. The molecule has 9 nitrogen and oxygen atoms in total. The highest BCUT2D eigenvalue weighted by molar-refractivity contribution is 6.09. The fraction of sp³-hybridized carbons (Fsp3) is 0.360. The third kappa shape index (κ3) is 5.19. The Labute approximate surface area is 198 Å². The van der Waals surface area contributed by atoms with Gasteiger partial charge in [-0.3, -0.25) is 15.0 Å². The van der Waals surface area contributed by atoms with Crippen molar-refractivity contribution in [2.75, 3.05) is 20.1 Å². The van der Waals surface area contributed by atoms with Gasteiger partial charge in [0.15, 0.2) is 0 Å². The molecule has 34 heavy (non-hydrogen) atoms. The van der Waals surface area contributed by atoms with Crippen LogP contribution in [0.1, 0.15) is 53.1 Å². The lowest BCUT2D eigenvalue weighted by Gasteiger charge is -2.16. The minimum atomic E-state index is -0.448. The van der Waals surface area contributed by atoms with Gasteiger partial charge < -0.3 is 25.0 Å². The molecule has 2 amide bonds. The summed E-state index contributed by atoms with van der Waals surface area (Å²) in [5.74, 6) is 0.924. The molecular formula is C25H29N5O4. The number of carbonyl (C=O) groups is 2. The van der Waals surface area contributed by atoms with Crippen LogP contribution >= 0.6 is 0 Å². The summed E-state index contributed by atoms with van der Waals surface area (Å²) < 4.78 is 12.1. The van der Waals surface area contributed by atoms with E-state index >= 15 is 0 Å². The van der Waals surface area contributed by atoms with E-state index in [4.69, 9.17) is 14.9 Å². The summed E-state index contributed by atoms with van der Waals surface area (Å²) in [6.07, 6.45) is 7.16. The second-order valence-electron chi connectivity index (χ2n) is 8.96. The molecule has 9 heteroatoms. The molecule has 3 N–H and O–H groups in total. The van der Waals surface area contributed by atoms with E-state index in [-0.39, 0.29) is 11.7 Å². The second-order valence-corrected chi connectivity index (χ2v) is 8.96. The summed E-state index contributed by atoms with van der Waals surface area (Å²) in [5, 5.41) is 13.2. The molecule has 0 atom stereocenters. The zero-order chi connectivity index (χ0) is 24.3. The maximum Gasteiger partial charge on any atom is 0.272 e. The average molecular weight is 464 g/mol. The lowest BCUT2D eigenvalue weighted by Crippen LogP contribution is -2.28. The number of aromatic nitrogens is 1. The van der Waals surface area contributed by atoms with Gasteiger partial charge in [-0.2, -0.15) is 0 Å². The summed E-state index contributed by atoms with van der Waals surface area (Å²) in [4.78, 5) is 31.4. The van der Waals surface area contributed by atoms with Gasteiger partial charge >= 0.3 is 0 Å². The summed E-state index contributed by atoms with van der Waals surface area (Å²) in [6, 6.07) is 6.66. The molecule has 3 heterocycles. The Morgan fingerprint density at radius 2 is 2.00 bits per heavy atom. The Balaban J connectivity index is 1.57. The quantitative estimate of drug-likeness (QED) is 0.447. The molecule has 2 aliphatic rings. The number of amidine groups is 1. The van der Waals surface area contributed by atoms with Crippen molar-refractivity contribution in [1.29, 1.82) is 5.41 Å². The lowest BCUT2D eigenvalue weighted by molar-refractivity contribution is 0.0786. The van der Waals surface area contributed by atoms with Crippen LogP contribution in [-0.4, -0.2) is 53.3 Å². The summed E-state index contributed by atoms with van der Waals surface area (Å²) in [7, 11) is 1.71. The molecule has 1 fully saturated rings. The normalized spacial score (nSPS) is 16.1. The van der Waals surface area contributed by atoms with Gasteiger partial charge in [-0.15, -0.1) is 0 Å². The van der Waals surface area contributed by atoms with Crippen LogP contribution in [0, 0.1) is 5.41 Å². The standard InChI is InChI=1S/C25H29N5O4/c1-25(2)14-18-20(12-16(13-21(18)34-25)23(31)29-22(26)8-9-27-3)33-17-6-7-19(28-15-17)24(32)30-10-4-5-11-30/h6-9,12-13,15,27H,4-5,10-11,14H2,1-3H3,(H2,26,29,31)/b9-8-. The highest BCUT2D eigenvalue weighted by Crippen LogP contribution is 2.42. The van der Waals surface area contributed by atoms with Crippen molar-refractivity contribution < 1.29 is 19.1 Å². The van der Waals surface area contributed by atoms with E-state index in [0.29, 0.717) is 34.9 Å². The number of pyridine rings is 1. The molecule has 0 bridgehead atoms. The van der Waals surface area contributed by atoms with Gasteiger partial charge in [0.2, 0.25) is 0 Å². The number of nitrogens with zero attached hydrogens (tertiary/aromatic N) is 2. The molecule has 2 aliphatic heterocycles. The highest BCUT2D eigenvalue weighted by atomic mass is 16.5. The van der Waals surface area contributed by atoms with Crippen molar-refractivity contribution in [3.8, 4) is 17.2 Å². The lowest BCUT2D eigenvalue weighted by atomic mass is 9.99. The minimum Gasteiger partial charge on any atom is -0.487 e. The summed E-state index contributed by atoms with van der Waals surface area (Å²) >= 11 is 0. The van der Waals surface area contributed by atoms with E-state index < -0.39 is 11.5 Å². The third-order valence-electron chi connectivity index (χ3n) is 5.66. The minimum absolute atomic E-state index is 0.0500. The number of benzene rings is 1. The van der Waals surface area contributed by atoms with Gasteiger partial charge in [-0.1, -0.05) is 0 Å². The van der Waals surface area contributed by atoms with Crippen LogP contribution in [0.3, 0.4) is 0 Å². The SMILES string of the molecule is CN/C=C\C(=N)NC(=O)c1cc(Oc2ccc(C(=O)N3CCCC3)nc2)c2c(c1)OC(C)(C)C2. The predicted molar refractivity (Wildman–Crippen MR) is 128 cm³/mol. The van der Waals surface area contributed by atoms with Crippen LogP contribution < -0.4 is 20.1 Å². The fourth-order valence-corrected chi connectivity index (χ4v) is 4.05. The van der Waals surface area contributed by atoms with Crippen LogP contribution in [0.4, 0.5) is 0 Å². The molecule has 178 valence electrons. The van der Waals surface area contributed by atoms with Crippen molar-refractivity contribution in [3.63, 3.8) is 0 Å². The predicted octanol–water partition coefficient (Wildman–Crippen LogP) is 3.26. The van der Waals surface area contributed by atoms with Crippen LogP contribution in [0.5, 0.6) is 17.2 Å². The molecule has 0 spiro atoms. The number of carbonyl (C=O) groups excluding carboxylic acids is 2. The van der Waals surface area contributed by atoms with Crippen LogP contribution in [0.25, 0.3) is 0 Å². The summed E-state index contributed by atoms with van der Waals surface area (Å²) in [6.45, 7) is 5.46. The number of ether oxygens (including phenoxy) is 2. The van der Waals surface area contributed by atoms with Gasteiger partial charge in [-0.05, 0) is 63.2 Å². The van der Waals surface area contributed by atoms with Crippen molar-refractivity contribution in [2.45, 2.75) is 38.7 Å². The van der Waals surface area contributed by atoms with Gasteiger partial charge in [0, 0.05) is 37.7 Å². The zero-order valence-electron chi connectivity index (χ0n) is 19.6. The monoisotopic (exact) mass is 463 g/mol. The van der Waals surface area contributed by atoms with Gasteiger partial charge in [0.05, 0.1) is 6.20 Å². The van der Waals surface area contributed by atoms with Crippen LogP contribution in [0.15, 0.2) is 42.7 Å². The zero-order valence-corrected chi connectivity index (χ0v) is 19.6. The second kappa shape index (κ2) is 9.54. The van der Waals surface area contributed by atoms with Crippen molar-refractivity contribution in [3.05, 3.63) is 59.6 Å². The number of likely N-dealkylation sites (tertiary alicyclic amines) is 1. The van der Waals surface area contributed by atoms with Crippen LogP contribution in [-0.2, 0) is 6.42 Å². The Morgan fingerprint density at radius 3 is 2.68 bits per heavy atom. The average Bonchev–Trinajstić information content (AvgIpc) is 3.44. The van der Waals surface area contributed by atoms with Crippen LogP contribution in [0.2, 0.25) is 0 Å². The van der Waals surface area contributed by atoms with Crippen molar-refractivity contribution in [2.24, 2.45) is 0 Å². The number of amides is 2. The number of nitrogens with one attached hydrogen (secondary N) is 3. The Morgan fingerprint density at radius 1 is 1.24 bits per heavy atom. The first-order valence-electron chi connectivity index (χ1n) is 11.3. The van der Waals surface area contributed by atoms with E-state index in [1.807, 2.05) is 13.8 Å². The number of rotatable bonds is 6. The molecule has 0 aliphatic carbocycles. The largest absolute Gasteiger partial charge is 0.487 e. The maximum atomic E-state index is 12.8. The van der Waals surface area contributed by atoms with E-state index in [2.05, 4.69) is 15.6 Å². The van der Waals surface area contributed by atoms with E-state index in [0.717, 1.165) is 31.5 Å². The first-order valence-corrected chi connectivity index (χ1v) is 11.3. The van der Waals surface area contributed by atoms with Gasteiger partial charge in [0.25, 0.3) is 11.8 Å². The van der Waals surface area contributed by atoms with Crippen molar-refractivity contribution in [1.82, 2.24) is 20.5 Å². The maximum absolute atomic E-state index is 12.8. The first kappa shape index (κ1) is 23.3. The Kier molecular flexibility index (Phi) is 6.54. The number of hydrogen-bond acceptors (Lipinski definition) is 7. The smallest absolute Gasteiger partial charge is 0.272 e.